The van der Waals surface area contributed by atoms with Crippen LogP contribution in [0.25, 0.3) is 11.0 Å². The van der Waals surface area contributed by atoms with Crippen LogP contribution in [0.3, 0.4) is 0 Å². The van der Waals surface area contributed by atoms with E-state index in [1.165, 1.54) is 0 Å². The Morgan fingerprint density at radius 1 is 1.10 bits per heavy atom. The van der Waals surface area contributed by atoms with Gasteiger partial charge in [0.1, 0.15) is 17.1 Å². The Hall–Kier alpha value is -2.99. The molecule has 29 heavy (non-hydrogen) atoms. The molecule has 1 aromatic heterocycles. The zero-order valence-corrected chi connectivity index (χ0v) is 16.9. The lowest BCUT2D eigenvalue weighted by Crippen LogP contribution is -2.49. The van der Waals surface area contributed by atoms with E-state index in [4.69, 9.17) is 9.15 Å². The number of nitrogens with one attached hydrogen (secondary N) is 1. The summed E-state index contributed by atoms with van der Waals surface area (Å²) in [6.07, 6.45) is 0. The number of anilines is 1. The van der Waals surface area contributed by atoms with E-state index in [0.29, 0.717) is 6.54 Å². The fourth-order valence-corrected chi connectivity index (χ4v) is 3.75. The van der Waals surface area contributed by atoms with Gasteiger partial charge in [-0.3, -0.25) is 9.69 Å². The highest BCUT2D eigenvalue weighted by atomic mass is 16.5. The lowest BCUT2D eigenvalue weighted by Gasteiger charge is -2.36. The SMILES string of the molecule is COc1cccc(N2CCN(CC(=O)N[C@H](C)c3cc4ccccc4o3)CC2)c1. The highest BCUT2D eigenvalue weighted by molar-refractivity contribution is 5.80. The molecule has 1 aliphatic heterocycles. The van der Waals surface area contributed by atoms with Crippen LogP contribution in [0, 0.1) is 0 Å². The van der Waals surface area contributed by atoms with Gasteiger partial charge in [-0.15, -0.1) is 0 Å². The van der Waals surface area contributed by atoms with Crippen LogP contribution < -0.4 is 15.0 Å². The van der Waals surface area contributed by atoms with Gasteiger partial charge in [-0.1, -0.05) is 24.3 Å². The lowest BCUT2D eigenvalue weighted by atomic mass is 10.2. The van der Waals surface area contributed by atoms with Crippen LogP contribution in [0.5, 0.6) is 5.75 Å². The number of hydrogen-bond donors (Lipinski definition) is 1. The smallest absolute Gasteiger partial charge is 0.234 e. The molecule has 0 spiro atoms. The van der Waals surface area contributed by atoms with Gasteiger partial charge in [0.2, 0.25) is 5.91 Å². The number of ether oxygens (including phenoxy) is 1. The number of methoxy groups -OCH3 is 1. The zero-order chi connectivity index (χ0) is 20.2. The predicted octanol–water partition coefficient (Wildman–Crippen LogP) is 3.44. The first kappa shape index (κ1) is 19.3. The van der Waals surface area contributed by atoms with E-state index >= 15 is 0 Å². The molecular weight excluding hydrogens is 366 g/mol. The Kier molecular flexibility index (Phi) is 5.71. The van der Waals surface area contributed by atoms with E-state index in [1.807, 2.05) is 49.4 Å². The van der Waals surface area contributed by atoms with Gasteiger partial charge >= 0.3 is 0 Å². The maximum atomic E-state index is 12.5. The molecule has 4 rings (SSSR count). The predicted molar refractivity (Wildman–Crippen MR) is 114 cm³/mol. The van der Waals surface area contributed by atoms with Crippen molar-refractivity contribution in [3.05, 3.63) is 60.4 Å². The molecule has 2 aromatic carbocycles. The van der Waals surface area contributed by atoms with Crippen molar-refractivity contribution >= 4 is 22.6 Å². The molecule has 0 aliphatic carbocycles. The van der Waals surface area contributed by atoms with Crippen molar-refractivity contribution in [2.75, 3.05) is 44.7 Å². The summed E-state index contributed by atoms with van der Waals surface area (Å²) in [5.74, 6) is 1.67. The van der Waals surface area contributed by atoms with Crippen LogP contribution in [0.1, 0.15) is 18.7 Å². The second-order valence-electron chi connectivity index (χ2n) is 7.44. The van der Waals surface area contributed by atoms with Crippen LogP contribution in [-0.4, -0.2) is 50.6 Å². The van der Waals surface area contributed by atoms with E-state index in [0.717, 1.165) is 54.3 Å². The Balaban J connectivity index is 1.28. The third kappa shape index (κ3) is 4.54. The number of hydrogen-bond acceptors (Lipinski definition) is 5. The van der Waals surface area contributed by atoms with Gasteiger partial charge in [-0.05, 0) is 31.2 Å². The molecule has 6 heteroatoms. The summed E-state index contributed by atoms with van der Waals surface area (Å²) in [4.78, 5) is 17.0. The first-order valence-electron chi connectivity index (χ1n) is 10.0. The van der Waals surface area contributed by atoms with E-state index in [9.17, 15) is 4.79 Å². The molecule has 1 fully saturated rings. The molecule has 0 unspecified atom stereocenters. The molecule has 3 aromatic rings. The van der Waals surface area contributed by atoms with Crippen LogP contribution in [0.15, 0.2) is 59.0 Å². The van der Waals surface area contributed by atoms with E-state index in [1.54, 1.807) is 7.11 Å². The summed E-state index contributed by atoms with van der Waals surface area (Å²) in [6, 6.07) is 17.8. The number of para-hydroxylation sites is 1. The highest BCUT2D eigenvalue weighted by Gasteiger charge is 2.21. The summed E-state index contributed by atoms with van der Waals surface area (Å²) in [7, 11) is 1.68. The molecular formula is C23H27N3O3. The van der Waals surface area contributed by atoms with Crippen molar-refractivity contribution in [3.8, 4) is 5.75 Å². The molecule has 1 N–H and O–H groups in total. The summed E-state index contributed by atoms with van der Waals surface area (Å²) in [5.41, 5.74) is 2.00. The monoisotopic (exact) mass is 393 g/mol. The molecule has 1 atom stereocenters. The third-order valence-electron chi connectivity index (χ3n) is 5.41. The van der Waals surface area contributed by atoms with Crippen molar-refractivity contribution in [2.45, 2.75) is 13.0 Å². The first-order valence-corrected chi connectivity index (χ1v) is 10.0. The number of piperazine rings is 1. The van der Waals surface area contributed by atoms with Crippen molar-refractivity contribution in [1.29, 1.82) is 0 Å². The van der Waals surface area contributed by atoms with Gasteiger partial charge in [-0.2, -0.15) is 0 Å². The van der Waals surface area contributed by atoms with E-state index in [-0.39, 0.29) is 11.9 Å². The van der Waals surface area contributed by atoms with Gasteiger partial charge in [0.15, 0.2) is 0 Å². The number of nitrogens with zero attached hydrogens (tertiary/aromatic N) is 2. The molecule has 1 amide bonds. The van der Waals surface area contributed by atoms with Gasteiger partial charge in [0, 0.05) is 43.3 Å². The lowest BCUT2D eigenvalue weighted by molar-refractivity contribution is -0.123. The minimum atomic E-state index is -0.159. The summed E-state index contributed by atoms with van der Waals surface area (Å²) >= 11 is 0. The molecule has 0 bridgehead atoms. The van der Waals surface area contributed by atoms with Crippen LogP contribution >= 0.6 is 0 Å². The quantitative estimate of drug-likeness (QED) is 0.695. The summed E-state index contributed by atoms with van der Waals surface area (Å²) < 4.78 is 11.2. The average Bonchev–Trinajstić information content (AvgIpc) is 3.19. The number of benzene rings is 2. The van der Waals surface area contributed by atoms with Crippen molar-refractivity contribution in [2.24, 2.45) is 0 Å². The van der Waals surface area contributed by atoms with Crippen molar-refractivity contribution < 1.29 is 13.9 Å². The van der Waals surface area contributed by atoms with Gasteiger partial charge < -0.3 is 19.4 Å². The minimum Gasteiger partial charge on any atom is -0.497 e. The van der Waals surface area contributed by atoms with Crippen LogP contribution in [0.2, 0.25) is 0 Å². The Bertz CT molecular complexity index is 943. The van der Waals surface area contributed by atoms with E-state index < -0.39 is 0 Å². The third-order valence-corrected chi connectivity index (χ3v) is 5.41. The number of carbonyl (C=O) groups is 1. The normalized spacial score (nSPS) is 16.0. The van der Waals surface area contributed by atoms with Crippen LogP contribution in [-0.2, 0) is 4.79 Å². The largest absolute Gasteiger partial charge is 0.497 e. The number of rotatable bonds is 6. The maximum Gasteiger partial charge on any atom is 0.234 e. The molecule has 6 nitrogen and oxygen atoms in total. The zero-order valence-electron chi connectivity index (χ0n) is 16.9. The fourth-order valence-electron chi connectivity index (χ4n) is 3.75. The maximum absolute atomic E-state index is 12.5. The minimum absolute atomic E-state index is 0.0211. The second-order valence-corrected chi connectivity index (χ2v) is 7.44. The number of amides is 1. The molecule has 152 valence electrons. The first-order chi connectivity index (χ1) is 14.1. The topological polar surface area (TPSA) is 58.0 Å². The Labute approximate surface area is 171 Å². The van der Waals surface area contributed by atoms with Gasteiger partial charge in [0.25, 0.3) is 0 Å². The average molecular weight is 393 g/mol. The molecule has 0 saturated carbocycles. The molecule has 2 heterocycles. The van der Waals surface area contributed by atoms with Gasteiger partial charge in [-0.25, -0.2) is 0 Å². The van der Waals surface area contributed by atoms with Crippen molar-refractivity contribution in [1.82, 2.24) is 10.2 Å². The fraction of sp³-hybridized carbons (Fsp3) is 0.348. The summed E-state index contributed by atoms with van der Waals surface area (Å²) in [6.45, 7) is 5.83. The molecule has 0 radical (unpaired) electrons. The Morgan fingerprint density at radius 3 is 2.66 bits per heavy atom. The standard InChI is InChI=1S/C23H27N3O3/c1-17(22-14-18-6-3-4-9-21(18)29-22)24-23(27)16-25-10-12-26(13-11-25)19-7-5-8-20(15-19)28-2/h3-9,14-15,17H,10-13,16H2,1-2H3,(H,24,27)/t17-/m1/s1. The molecule has 1 aliphatic rings. The molecule has 1 saturated heterocycles. The summed E-state index contributed by atoms with van der Waals surface area (Å²) in [5, 5.41) is 4.11. The van der Waals surface area contributed by atoms with Crippen molar-refractivity contribution in [3.63, 3.8) is 0 Å². The number of fused-ring (bicyclic) bond motifs is 1. The number of carbonyl (C=O) groups excluding carboxylic acids is 1. The Morgan fingerprint density at radius 2 is 1.90 bits per heavy atom. The highest BCUT2D eigenvalue weighted by Crippen LogP contribution is 2.24. The van der Waals surface area contributed by atoms with E-state index in [2.05, 4.69) is 27.2 Å². The van der Waals surface area contributed by atoms with Gasteiger partial charge in [0.05, 0.1) is 19.7 Å². The number of furan rings is 1. The second kappa shape index (κ2) is 8.57. The van der Waals surface area contributed by atoms with Crippen LogP contribution in [0.4, 0.5) is 5.69 Å².